The molecule has 5 heteroatoms. The third-order valence-electron chi connectivity index (χ3n) is 1.93. The van der Waals surface area contributed by atoms with Crippen LogP contribution in [0.4, 0.5) is 0 Å². The number of carbonyl (C=O) groups excluding carboxylic acids is 1. The average Bonchev–Trinajstić information content (AvgIpc) is 2.16. The maximum absolute atomic E-state index is 11.9. The average molecular weight is 223 g/mol. The molecule has 0 atom stereocenters. The number of aliphatic hydroxyl groups is 1. The van der Waals surface area contributed by atoms with E-state index in [1.54, 1.807) is 0 Å². The number of hydrogen-bond acceptors (Lipinski definition) is 4. The van der Waals surface area contributed by atoms with E-state index in [4.69, 9.17) is 5.11 Å². The van der Waals surface area contributed by atoms with Crippen molar-refractivity contribution in [1.82, 2.24) is 15.5 Å². The van der Waals surface area contributed by atoms with Crippen LogP contribution >= 0.6 is 0 Å². The molecular weight excluding hydrogens is 206 g/mol. The van der Waals surface area contributed by atoms with Crippen molar-refractivity contribution in [3.8, 4) is 0 Å². The second kappa shape index (κ2) is 5.03. The van der Waals surface area contributed by atoms with Crippen molar-refractivity contribution in [3.05, 3.63) is 23.5 Å². The third kappa shape index (κ3) is 3.58. The van der Waals surface area contributed by atoms with Crippen LogP contribution in [-0.4, -0.2) is 33.4 Å². The monoisotopic (exact) mass is 223 g/mol. The van der Waals surface area contributed by atoms with E-state index in [9.17, 15) is 4.79 Å². The maximum atomic E-state index is 11.9. The van der Waals surface area contributed by atoms with Crippen molar-refractivity contribution in [2.24, 2.45) is 0 Å². The molecule has 0 aliphatic carbocycles. The molecule has 0 saturated carbocycles. The van der Waals surface area contributed by atoms with Gasteiger partial charge in [-0.3, -0.25) is 4.79 Å². The van der Waals surface area contributed by atoms with E-state index >= 15 is 0 Å². The van der Waals surface area contributed by atoms with E-state index in [1.165, 1.54) is 12.4 Å². The molecule has 88 valence electrons. The summed E-state index contributed by atoms with van der Waals surface area (Å²) in [6, 6.07) is 0. The van der Waals surface area contributed by atoms with Crippen LogP contribution in [0, 0.1) is 0 Å². The summed E-state index contributed by atoms with van der Waals surface area (Å²) in [7, 11) is 0. The molecule has 0 spiro atoms. The summed E-state index contributed by atoms with van der Waals surface area (Å²) in [6.45, 7) is 5.71. The van der Waals surface area contributed by atoms with E-state index in [2.05, 4.69) is 15.5 Å². The number of rotatable bonds is 3. The van der Waals surface area contributed by atoms with Crippen molar-refractivity contribution >= 4 is 5.91 Å². The van der Waals surface area contributed by atoms with Gasteiger partial charge in [0.25, 0.3) is 5.91 Å². The van der Waals surface area contributed by atoms with E-state index in [1.807, 2.05) is 20.8 Å². The topological polar surface area (TPSA) is 75.1 Å². The van der Waals surface area contributed by atoms with Crippen LogP contribution in [0.5, 0.6) is 0 Å². The van der Waals surface area contributed by atoms with Crippen LogP contribution in [-0.2, 0) is 6.42 Å². The summed E-state index contributed by atoms with van der Waals surface area (Å²) in [5.41, 5.74) is 0.884. The normalized spacial score (nSPS) is 11.2. The van der Waals surface area contributed by atoms with Crippen LogP contribution in [0.2, 0.25) is 0 Å². The van der Waals surface area contributed by atoms with Gasteiger partial charge in [0.2, 0.25) is 0 Å². The Balaban J connectivity index is 2.90. The number of aliphatic hydroxyl groups excluding tert-OH is 1. The molecule has 1 heterocycles. The van der Waals surface area contributed by atoms with Gasteiger partial charge in [-0.15, -0.1) is 0 Å². The van der Waals surface area contributed by atoms with E-state index in [-0.39, 0.29) is 18.1 Å². The fourth-order valence-electron chi connectivity index (χ4n) is 1.28. The first-order chi connectivity index (χ1) is 7.44. The highest BCUT2D eigenvalue weighted by molar-refractivity contribution is 5.95. The highest BCUT2D eigenvalue weighted by atomic mass is 16.3. The summed E-state index contributed by atoms with van der Waals surface area (Å²) in [6.07, 6.45) is 3.34. The Kier molecular flexibility index (Phi) is 3.95. The fraction of sp³-hybridized carbons (Fsp3) is 0.545. The first kappa shape index (κ1) is 12.6. The molecule has 0 aromatic carbocycles. The van der Waals surface area contributed by atoms with Crippen LogP contribution in [0.1, 0.15) is 36.7 Å². The summed E-state index contributed by atoms with van der Waals surface area (Å²) >= 11 is 0. The van der Waals surface area contributed by atoms with Gasteiger partial charge in [-0.1, -0.05) is 0 Å². The van der Waals surface area contributed by atoms with E-state index in [0.29, 0.717) is 17.5 Å². The Labute approximate surface area is 94.9 Å². The van der Waals surface area contributed by atoms with Gasteiger partial charge in [-0.25, -0.2) is 0 Å². The number of carbonyl (C=O) groups is 1. The lowest BCUT2D eigenvalue weighted by atomic mass is 10.1. The number of amides is 1. The predicted molar refractivity (Wildman–Crippen MR) is 60.0 cm³/mol. The molecule has 1 rings (SSSR count). The first-order valence-electron chi connectivity index (χ1n) is 5.17. The highest BCUT2D eigenvalue weighted by Gasteiger charge is 2.17. The molecule has 1 amide bonds. The van der Waals surface area contributed by atoms with E-state index in [0.717, 1.165) is 0 Å². The summed E-state index contributed by atoms with van der Waals surface area (Å²) in [5.74, 6) is -0.189. The Hall–Kier alpha value is -1.49. The SMILES string of the molecule is CC(C)(C)NC(=O)c1cnncc1CCO. The van der Waals surface area contributed by atoms with Gasteiger partial charge in [-0.05, 0) is 32.8 Å². The Morgan fingerprint density at radius 3 is 2.56 bits per heavy atom. The molecule has 0 aliphatic heterocycles. The van der Waals surface area contributed by atoms with E-state index < -0.39 is 0 Å². The number of nitrogens with zero attached hydrogens (tertiary/aromatic N) is 2. The zero-order valence-electron chi connectivity index (χ0n) is 9.82. The van der Waals surface area contributed by atoms with Crippen LogP contribution < -0.4 is 5.32 Å². The van der Waals surface area contributed by atoms with Gasteiger partial charge in [0.05, 0.1) is 18.0 Å². The molecule has 5 nitrogen and oxygen atoms in total. The van der Waals surface area contributed by atoms with Crippen LogP contribution in [0.25, 0.3) is 0 Å². The summed E-state index contributed by atoms with van der Waals surface area (Å²) in [5, 5.41) is 19.1. The largest absolute Gasteiger partial charge is 0.396 e. The Morgan fingerprint density at radius 1 is 1.38 bits per heavy atom. The summed E-state index contributed by atoms with van der Waals surface area (Å²) in [4.78, 5) is 11.9. The minimum Gasteiger partial charge on any atom is -0.396 e. The van der Waals surface area contributed by atoms with Crippen molar-refractivity contribution < 1.29 is 9.90 Å². The lowest BCUT2D eigenvalue weighted by Gasteiger charge is -2.21. The molecule has 0 unspecified atom stereocenters. The zero-order valence-corrected chi connectivity index (χ0v) is 9.82. The quantitative estimate of drug-likeness (QED) is 0.784. The van der Waals surface area contributed by atoms with Crippen molar-refractivity contribution in [1.29, 1.82) is 0 Å². The zero-order chi connectivity index (χ0) is 12.2. The minimum absolute atomic E-state index is 0.0124. The van der Waals surface area contributed by atoms with Crippen LogP contribution in [0.3, 0.4) is 0 Å². The maximum Gasteiger partial charge on any atom is 0.253 e. The smallest absolute Gasteiger partial charge is 0.253 e. The number of aromatic nitrogens is 2. The second-order valence-corrected chi connectivity index (χ2v) is 4.61. The summed E-state index contributed by atoms with van der Waals surface area (Å²) < 4.78 is 0. The predicted octanol–water partition coefficient (Wildman–Crippen LogP) is 0.540. The molecule has 1 aromatic rings. The van der Waals surface area contributed by atoms with Crippen molar-refractivity contribution in [2.75, 3.05) is 6.61 Å². The molecule has 16 heavy (non-hydrogen) atoms. The first-order valence-corrected chi connectivity index (χ1v) is 5.17. The Morgan fingerprint density at radius 2 is 2.00 bits per heavy atom. The minimum atomic E-state index is -0.295. The van der Waals surface area contributed by atoms with Gasteiger partial charge in [0.15, 0.2) is 0 Å². The number of nitrogens with one attached hydrogen (secondary N) is 1. The molecule has 0 radical (unpaired) electrons. The molecule has 2 N–H and O–H groups in total. The highest BCUT2D eigenvalue weighted by Crippen LogP contribution is 2.08. The van der Waals surface area contributed by atoms with Crippen molar-refractivity contribution in [3.63, 3.8) is 0 Å². The lowest BCUT2D eigenvalue weighted by Crippen LogP contribution is -2.41. The molecule has 0 aliphatic rings. The van der Waals surface area contributed by atoms with Gasteiger partial charge >= 0.3 is 0 Å². The Bertz CT molecular complexity index is 372. The van der Waals surface area contributed by atoms with Gasteiger partial charge in [0.1, 0.15) is 0 Å². The number of hydrogen-bond donors (Lipinski definition) is 2. The van der Waals surface area contributed by atoms with Crippen LogP contribution in [0.15, 0.2) is 12.4 Å². The molecule has 0 bridgehead atoms. The molecule has 0 fully saturated rings. The third-order valence-corrected chi connectivity index (χ3v) is 1.93. The lowest BCUT2D eigenvalue weighted by molar-refractivity contribution is 0.0918. The second-order valence-electron chi connectivity index (χ2n) is 4.61. The van der Waals surface area contributed by atoms with Gasteiger partial charge < -0.3 is 10.4 Å². The fourth-order valence-corrected chi connectivity index (χ4v) is 1.28. The molecule has 0 saturated heterocycles. The van der Waals surface area contributed by atoms with Gasteiger partial charge in [0, 0.05) is 12.1 Å². The standard InChI is InChI=1S/C11H17N3O2/c1-11(2,3)14-10(16)9-7-13-12-6-8(9)4-5-15/h6-7,15H,4-5H2,1-3H3,(H,14,16). The van der Waals surface area contributed by atoms with Crippen molar-refractivity contribution in [2.45, 2.75) is 32.7 Å². The molecule has 1 aromatic heterocycles. The van der Waals surface area contributed by atoms with Gasteiger partial charge in [-0.2, -0.15) is 10.2 Å². The molecular formula is C11H17N3O2.